The topological polar surface area (TPSA) is 58.4 Å². The molecule has 0 bridgehead atoms. The molecule has 1 amide bonds. The van der Waals surface area contributed by atoms with Crippen molar-refractivity contribution in [2.24, 2.45) is 0 Å². The number of carbonyl (C=O) groups is 1. The van der Waals surface area contributed by atoms with E-state index in [4.69, 9.17) is 5.73 Å². The zero-order valence-corrected chi connectivity index (χ0v) is 13.4. The molecule has 2 aliphatic rings. The van der Waals surface area contributed by atoms with Gasteiger partial charge < -0.3 is 11.1 Å². The van der Waals surface area contributed by atoms with Crippen LogP contribution in [0.1, 0.15) is 0 Å². The zero-order chi connectivity index (χ0) is 14.1. The summed E-state index contributed by atoms with van der Waals surface area (Å²) in [4.78, 5) is 14.8. The van der Waals surface area contributed by atoms with E-state index >= 15 is 0 Å². The number of hydrogen-bond donors (Lipinski definition) is 3. The fourth-order valence-electron chi connectivity index (χ4n) is 2.56. The van der Waals surface area contributed by atoms with Crippen LogP contribution in [0, 0.1) is 0 Å². The Hall–Kier alpha value is -0.500. The highest BCUT2D eigenvalue weighted by Gasteiger charge is 2.46. The molecule has 0 unspecified atom stereocenters. The minimum absolute atomic E-state index is 0.0344. The number of benzene rings is 1. The minimum atomic E-state index is -0.0863. The molecule has 0 radical (unpaired) electrons. The van der Waals surface area contributed by atoms with Crippen molar-refractivity contribution in [3.05, 3.63) is 24.3 Å². The quantitative estimate of drug-likeness (QED) is 0.585. The number of rotatable bonds is 3. The van der Waals surface area contributed by atoms with E-state index in [9.17, 15) is 4.79 Å². The number of amides is 1. The third-order valence-corrected chi connectivity index (χ3v) is 6.99. The number of para-hydroxylation sites is 2. The lowest BCUT2D eigenvalue weighted by Gasteiger charge is -2.27. The number of nitrogens with one attached hydrogen (secondary N) is 1. The van der Waals surface area contributed by atoms with Gasteiger partial charge in [-0.25, -0.2) is 0 Å². The van der Waals surface area contributed by atoms with E-state index in [0.717, 1.165) is 17.3 Å². The molecule has 2 fully saturated rings. The normalized spacial score (nSPS) is 29.4. The number of nitrogens with two attached hydrogens (primary N) is 1. The maximum Gasteiger partial charge on any atom is 0.242 e. The van der Waals surface area contributed by atoms with Crippen molar-refractivity contribution in [3.63, 3.8) is 0 Å². The lowest BCUT2D eigenvalue weighted by molar-refractivity contribution is -0.120. The Kier molecular flexibility index (Phi) is 4.40. The first-order valence-electron chi connectivity index (χ1n) is 6.47. The van der Waals surface area contributed by atoms with Gasteiger partial charge in [-0.15, -0.1) is 23.5 Å². The third kappa shape index (κ3) is 2.64. The van der Waals surface area contributed by atoms with Gasteiger partial charge in [-0.1, -0.05) is 12.1 Å². The van der Waals surface area contributed by atoms with E-state index in [-0.39, 0.29) is 11.9 Å². The molecular weight excluding hydrogens is 310 g/mol. The van der Waals surface area contributed by atoms with E-state index in [2.05, 4.69) is 22.8 Å². The summed E-state index contributed by atoms with van der Waals surface area (Å²) < 4.78 is 0. The monoisotopic (exact) mass is 327 g/mol. The summed E-state index contributed by atoms with van der Waals surface area (Å²) in [6, 6.07) is 7.28. The van der Waals surface area contributed by atoms with Crippen LogP contribution in [0.4, 0.5) is 11.4 Å². The summed E-state index contributed by atoms with van der Waals surface area (Å²) >= 11 is 8.15. The van der Waals surface area contributed by atoms with Gasteiger partial charge >= 0.3 is 0 Å². The molecule has 1 aromatic rings. The molecular formula is C13H17N3OS3. The number of nitrogen functional groups attached to an aromatic ring is 1. The van der Waals surface area contributed by atoms with E-state index < -0.39 is 0 Å². The van der Waals surface area contributed by atoms with E-state index in [1.165, 1.54) is 0 Å². The smallest absolute Gasteiger partial charge is 0.242 e. The first-order chi connectivity index (χ1) is 9.70. The summed E-state index contributed by atoms with van der Waals surface area (Å²) in [5.74, 6) is 2.73. The molecule has 2 heterocycles. The lowest BCUT2D eigenvalue weighted by Crippen LogP contribution is -2.46. The van der Waals surface area contributed by atoms with Gasteiger partial charge in [0, 0.05) is 17.3 Å². The molecule has 2 saturated heterocycles. The Balaban J connectivity index is 1.73. The number of thioether (sulfide) groups is 2. The maximum absolute atomic E-state index is 12.5. The molecule has 3 atom stereocenters. The molecule has 0 spiro atoms. The average molecular weight is 328 g/mol. The van der Waals surface area contributed by atoms with Crippen LogP contribution in [0.25, 0.3) is 0 Å². The van der Waals surface area contributed by atoms with Gasteiger partial charge in [-0.2, -0.15) is 12.6 Å². The van der Waals surface area contributed by atoms with Gasteiger partial charge in [0.25, 0.3) is 0 Å². The van der Waals surface area contributed by atoms with Crippen molar-refractivity contribution in [1.29, 1.82) is 0 Å². The van der Waals surface area contributed by atoms with Crippen LogP contribution in [0.5, 0.6) is 0 Å². The number of carbonyl (C=O) groups excluding carboxylic acids is 1. The standard InChI is InChI=1S/C13H17N3OS3/c14-8-3-1-2-4-9(8)15-13(17)10-6-19-12-7-20-11(5-18)16(10)12/h1-4,10-12,18H,5-7,14H2,(H,15,17)/t10-,11+,12-/m0/s1. The Morgan fingerprint density at radius 2 is 2.20 bits per heavy atom. The van der Waals surface area contributed by atoms with Gasteiger partial charge in [-0.3, -0.25) is 9.69 Å². The van der Waals surface area contributed by atoms with Gasteiger partial charge in [-0.05, 0) is 12.1 Å². The van der Waals surface area contributed by atoms with E-state index in [1.54, 1.807) is 6.07 Å². The van der Waals surface area contributed by atoms with Crippen molar-refractivity contribution in [1.82, 2.24) is 4.90 Å². The fraction of sp³-hybridized carbons (Fsp3) is 0.462. The van der Waals surface area contributed by atoms with Crippen LogP contribution >= 0.6 is 36.2 Å². The van der Waals surface area contributed by atoms with Gasteiger partial charge in [0.2, 0.25) is 5.91 Å². The molecule has 7 heteroatoms. The van der Waals surface area contributed by atoms with Crippen LogP contribution in [0.3, 0.4) is 0 Å². The molecule has 0 saturated carbocycles. The molecule has 0 aromatic heterocycles. The molecule has 20 heavy (non-hydrogen) atoms. The Labute approximate surface area is 132 Å². The number of hydrogen-bond acceptors (Lipinski definition) is 6. The van der Waals surface area contributed by atoms with Gasteiger partial charge in [0.15, 0.2) is 0 Å². The highest BCUT2D eigenvalue weighted by molar-refractivity contribution is 8.05. The van der Waals surface area contributed by atoms with E-state index in [0.29, 0.717) is 22.1 Å². The van der Waals surface area contributed by atoms with Crippen molar-refractivity contribution >= 4 is 53.4 Å². The molecule has 3 N–H and O–H groups in total. The summed E-state index contributed by atoms with van der Waals surface area (Å²) in [6.07, 6.45) is 0. The summed E-state index contributed by atoms with van der Waals surface area (Å²) in [5, 5.41) is 3.74. The SMILES string of the molecule is Nc1ccccc1NC(=O)[C@@H]1CS[C@H]2CS[C@H](CS)N21. The number of nitrogens with zero attached hydrogens (tertiary/aromatic N) is 1. The number of fused-ring (bicyclic) bond motifs is 1. The van der Waals surface area contributed by atoms with Crippen molar-refractivity contribution in [2.45, 2.75) is 16.8 Å². The number of anilines is 2. The largest absolute Gasteiger partial charge is 0.397 e. The Morgan fingerprint density at radius 3 is 2.95 bits per heavy atom. The number of thiol groups is 1. The first-order valence-corrected chi connectivity index (χ1v) is 9.20. The second-order valence-corrected chi connectivity index (χ2v) is 7.58. The zero-order valence-electron chi connectivity index (χ0n) is 10.9. The van der Waals surface area contributed by atoms with Gasteiger partial charge in [0.1, 0.15) is 6.04 Å². The second kappa shape index (κ2) is 6.09. The van der Waals surface area contributed by atoms with Crippen molar-refractivity contribution in [2.75, 3.05) is 28.3 Å². The van der Waals surface area contributed by atoms with Crippen LogP contribution in [0.2, 0.25) is 0 Å². The maximum atomic E-state index is 12.5. The highest BCUT2D eigenvalue weighted by atomic mass is 32.2. The molecule has 0 aliphatic carbocycles. The fourth-order valence-corrected chi connectivity index (χ4v) is 6.09. The van der Waals surface area contributed by atoms with Crippen molar-refractivity contribution in [3.8, 4) is 0 Å². The minimum Gasteiger partial charge on any atom is -0.397 e. The highest BCUT2D eigenvalue weighted by Crippen LogP contribution is 2.42. The summed E-state index contributed by atoms with van der Waals surface area (Å²) in [5.41, 5.74) is 7.17. The molecule has 3 rings (SSSR count). The van der Waals surface area contributed by atoms with E-state index in [1.807, 2.05) is 41.7 Å². The van der Waals surface area contributed by atoms with Crippen LogP contribution in [-0.2, 0) is 4.79 Å². The predicted molar refractivity (Wildman–Crippen MR) is 91.5 cm³/mol. The van der Waals surface area contributed by atoms with Crippen molar-refractivity contribution < 1.29 is 4.79 Å². The summed E-state index contributed by atoms with van der Waals surface area (Å²) in [6.45, 7) is 0. The lowest BCUT2D eigenvalue weighted by atomic mass is 10.2. The van der Waals surface area contributed by atoms with Crippen LogP contribution in [-0.4, -0.2) is 44.9 Å². The Bertz CT molecular complexity index is 513. The average Bonchev–Trinajstić information content (AvgIpc) is 3.02. The third-order valence-electron chi connectivity index (χ3n) is 3.58. The molecule has 1 aromatic carbocycles. The summed E-state index contributed by atoms with van der Waals surface area (Å²) in [7, 11) is 0. The Morgan fingerprint density at radius 1 is 1.40 bits per heavy atom. The molecule has 2 aliphatic heterocycles. The van der Waals surface area contributed by atoms with Crippen LogP contribution in [0.15, 0.2) is 24.3 Å². The molecule has 4 nitrogen and oxygen atoms in total. The van der Waals surface area contributed by atoms with Gasteiger partial charge in [0.05, 0.1) is 22.1 Å². The second-order valence-electron chi connectivity index (χ2n) is 4.80. The predicted octanol–water partition coefficient (Wildman–Crippen LogP) is 1.95. The van der Waals surface area contributed by atoms with Crippen LogP contribution < -0.4 is 11.1 Å². The molecule has 108 valence electrons. The first kappa shape index (κ1) is 14.4.